The van der Waals surface area contributed by atoms with Crippen LogP contribution in [0.1, 0.15) is 21.9 Å². The van der Waals surface area contributed by atoms with Gasteiger partial charge in [0.1, 0.15) is 11.5 Å². The molecule has 0 spiro atoms. The molecular formula is C16H15N3O5S. The highest BCUT2D eigenvalue weighted by molar-refractivity contribution is 7.92. The topological polar surface area (TPSA) is 114 Å². The van der Waals surface area contributed by atoms with Crippen LogP contribution in [-0.2, 0) is 10.0 Å². The Morgan fingerprint density at radius 2 is 1.84 bits per heavy atom. The number of aromatic nitrogens is 1. The minimum absolute atomic E-state index is 0.0330. The lowest BCUT2D eigenvalue weighted by molar-refractivity contribution is 0.102. The van der Waals surface area contributed by atoms with E-state index in [0.717, 1.165) is 0 Å². The Labute approximate surface area is 143 Å². The molecule has 0 atom stereocenters. The van der Waals surface area contributed by atoms with Gasteiger partial charge in [-0.25, -0.2) is 8.42 Å². The van der Waals surface area contributed by atoms with Crippen LogP contribution in [0.3, 0.4) is 0 Å². The van der Waals surface area contributed by atoms with Crippen LogP contribution < -0.4 is 10.0 Å². The molecule has 0 unspecified atom stereocenters. The lowest BCUT2D eigenvalue weighted by atomic mass is 10.2. The fourth-order valence-corrected chi connectivity index (χ4v) is 3.13. The highest BCUT2D eigenvalue weighted by atomic mass is 32.2. The summed E-state index contributed by atoms with van der Waals surface area (Å²) < 4.78 is 36.8. The number of carbonyl (C=O) groups excluding carboxylic acids is 1. The van der Waals surface area contributed by atoms with Crippen molar-refractivity contribution in [3.05, 3.63) is 59.7 Å². The van der Waals surface area contributed by atoms with Gasteiger partial charge in [0.2, 0.25) is 0 Å². The number of sulfonamides is 1. The van der Waals surface area contributed by atoms with Crippen molar-refractivity contribution in [3.8, 4) is 0 Å². The van der Waals surface area contributed by atoms with Gasteiger partial charge in [0.25, 0.3) is 15.9 Å². The molecule has 2 heterocycles. The van der Waals surface area contributed by atoms with Crippen LogP contribution in [-0.4, -0.2) is 19.5 Å². The highest BCUT2D eigenvalue weighted by Crippen LogP contribution is 2.19. The quantitative estimate of drug-likeness (QED) is 0.722. The van der Waals surface area contributed by atoms with Gasteiger partial charge in [0.15, 0.2) is 5.82 Å². The van der Waals surface area contributed by atoms with Gasteiger partial charge in [-0.1, -0.05) is 5.16 Å². The smallest absolute Gasteiger partial charge is 0.263 e. The Morgan fingerprint density at radius 3 is 2.40 bits per heavy atom. The third kappa shape index (κ3) is 3.72. The molecule has 0 fully saturated rings. The summed E-state index contributed by atoms with van der Waals surface area (Å²) >= 11 is 0. The van der Waals surface area contributed by atoms with Crippen LogP contribution in [0.2, 0.25) is 0 Å². The van der Waals surface area contributed by atoms with Crippen LogP contribution in [0.15, 0.2) is 56.5 Å². The van der Waals surface area contributed by atoms with E-state index in [1.165, 1.54) is 36.6 Å². The van der Waals surface area contributed by atoms with Crippen molar-refractivity contribution in [3.63, 3.8) is 0 Å². The monoisotopic (exact) mass is 361 g/mol. The number of aryl methyl sites for hydroxylation is 2. The van der Waals surface area contributed by atoms with Crippen molar-refractivity contribution in [2.24, 2.45) is 0 Å². The zero-order chi connectivity index (χ0) is 18.0. The van der Waals surface area contributed by atoms with Gasteiger partial charge in [-0.2, -0.15) is 0 Å². The summed E-state index contributed by atoms with van der Waals surface area (Å²) in [5.41, 5.74) is 0.876. The maximum atomic E-state index is 12.3. The van der Waals surface area contributed by atoms with Crippen LogP contribution in [0.5, 0.6) is 0 Å². The van der Waals surface area contributed by atoms with E-state index >= 15 is 0 Å². The van der Waals surface area contributed by atoms with E-state index in [1.54, 1.807) is 19.9 Å². The average Bonchev–Trinajstić information content (AvgIpc) is 3.16. The molecule has 0 radical (unpaired) electrons. The second kappa shape index (κ2) is 6.44. The minimum Gasteiger partial charge on any atom is -0.469 e. The van der Waals surface area contributed by atoms with Gasteiger partial charge in [-0.3, -0.25) is 9.52 Å². The number of hydrogen-bond donors (Lipinski definition) is 2. The molecule has 0 aliphatic heterocycles. The maximum absolute atomic E-state index is 12.3. The van der Waals surface area contributed by atoms with Gasteiger partial charge in [0.05, 0.1) is 16.7 Å². The Bertz CT molecular complexity index is 1000. The molecule has 2 aromatic heterocycles. The lowest BCUT2D eigenvalue weighted by Gasteiger charge is -2.07. The number of hydrogen-bond acceptors (Lipinski definition) is 6. The predicted octanol–water partition coefficient (Wildman–Crippen LogP) is 2.94. The molecule has 3 rings (SSSR count). The van der Waals surface area contributed by atoms with Gasteiger partial charge in [-0.05, 0) is 44.2 Å². The summed E-state index contributed by atoms with van der Waals surface area (Å²) in [4.78, 5) is 12.1. The molecule has 2 N–H and O–H groups in total. The van der Waals surface area contributed by atoms with Crippen molar-refractivity contribution >= 4 is 27.4 Å². The summed E-state index contributed by atoms with van der Waals surface area (Å²) in [6, 6.07) is 8.79. The number of amides is 1. The van der Waals surface area contributed by atoms with Gasteiger partial charge in [0, 0.05) is 11.8 Å². The van der Waals surface area contributed by atoms with E-state index < -0.39 is 10.0 Å². The summed E-state index contributed by atoms with van der Waals surface area (Å²) in [7, 11) is -3.80. The predicted molar refractivity (Wildman–Crippen MR) is 89.9 cm³/mol. The van der Waals surface area contributed by atoms with E-state index in [-0.39, 0.29) is 16.6 Å². The van der Waals surface area contributed by atoms with E-state index in [2.05, 4.69) is 15.2 Å². The number of carbonyl (C=O) groups is 1. The van der Waals surface area contributed by atoms with Crippen molar-refractivity contribution in [1.29, 1.82) is 0 Å². The third-order valence-corrected chi connectivity index (χ3v) is 4.76. The van der Waals surface area contributed by atoms with Gasteiger partial charge >= 0.3 is 0 Å². The van der Waals surface area contributed by atoms with Crippen molar-refractivity contribution in [2.75, 3.05) is 10.0 Å². The van der Waals surface area contributed by atoms with E-state index in [9.17, 15) is 13.2 Å². The highest BCUT2D eigenvalue weighted by Gasteiger charge is 2.17. The standard InChI is InChI=1S/C16H15N3O5S/c1-10-9-15(18-24-10)19-25(21,22)13-5-3-12(4-6-13)17-16(20)14-7-8-23-11(14)2/h3-9H,1-2H3,(H,17,20)(H,18,19). The normalized spacial score (nSPS) is 11.3. The summed E-state index contributed by atoms with van der Waals surface area (Å²) in [6.07, 6.45) is 1.43. The number of benzene rings is 1. The van der Waals surface area contributed by atoms with Crippen LogP contribution >= 0.6 is 0 Å². The zero-order valence-corrected chi connectivity index (χ0v) is 14.3. The lowest BCUT2D eigenvalue weighted by Crippen LogP contribution is -2.14. The SMILES string of the molecule is Cc1cc(NS(=O)(=O)c2ccc(NC(=O)c3ccoc3C)cc2)no1. The Morgan fingerprint density at radius 1 is 1.12 bits per heavy atom. The Kier molecular flexibility index (Phi) is 4.32. The molecular weight excluding hydrogens is 346 g/mol. The van der Waals surface area contributed by atoms with Crippen LogP contribution in [0, 0.1) is 13.8 Å². The first-order valence-corrected chi connectivity index (χ1v) is 8.75. The van der Waals surface area contributed by atoms with E-state index in [4.69, 9.17) is 8.94 Å². The summed E-state index contributed by atoms with van der Waals surface area (Å²) in [5.74, 6) is 0.762. The van der Waals surface area contributed by atoms with Crippen molar-refractivity contribution < 1.29 is 22.2 Å². The van der Waals surface area contributed by atoms with Crippen molar-refractivity contribution in [1.82, 2.24) is 5.16 Å². The van der Waals surface area contributed by atoms with E-state index in [0.29, 0.717) is 22.8 Å². The second-order valence-electron chi connectivity index (χ2n) is 5.30. The second-order valence-corrected chi connectivity index (χ2v) is 6.98. The number of furan rings is 1. The summed E-state index contributed by atoms with van der Waals surface area (Å²) in [5, 5.41) is 6.26. The number of nitrogens with zero attached hydrogens (tertiary/aromatic N) is 1. The molecule has 0 saturated heterocycles. The fraction of sp³-hybridized carbons (Fsp3) is 0.125. The molecule has 3 aromatic rings. The van der Waals surface area contributed by atoms with Crippen molar-refractivity contribution in [2.45, 2.75) is 18.7 Å². The molecule has 130 valence electrons. The minimum atomic E-state index is -3.80. The summed E-state index contributed by atoms with van der Waals surface area (Å²) in [6.45, 7) is 3.34. The molecule has 1 aromatic carbocycles. The van der Waals surface area contributed by atoms with Gasteiger partial charge in [-0.15, -0.1) is 0 Å². The Hall–Kier alpha value is -3.07. The first kappa shape index (κ1) is 16.8. The zero-order valence-electron chi connectivity index (χ0n) is 13.4. The molecule has 0 saturated carbocycles. The van der Waals surface area contributed by atoms with Crippen LogP contribution in [0.4, 0.5) is 11.5 Å². The molecule has 1 amide bonds. The molecule has 9 heteroatoms. The molecule has 0 aliphatic carbocycles. The first-order chi connectivity index (χ1) is 11.8. The third-order valence-electron chi connectivity index (χ3n) is 3.39. The first-order valence-electron chi connectivity index (χ1n) is 7.27. The molecule has 25 heavy (non-hydrogen) atoms. The number of anilines is 2. The number of nitrogens with one attached hydrogen (secondary N) is 2. The fourth-order valence-electron chi connectivity index (χ4n) is 2.15. The maximum Gasteiger partial charge on any atom is 0.263 e. The van der Waals surface area contributed by atoms with Gasteiger partial charge < -0.3 is 14.3 Å². The average molecular weight is 361 g/mol. The largest absolute Gasteiger partial charge is 0.469 e. The van der Waals surface area contributed by atoms with E-state index in [1.807, 2.05) is 0 Å². The Balaban J connectivity index is 1.73. The molecule has 0 bridgehead atoms. The molecule has 8 nitrogen and oxygen atoms in total. The van der Waals surface area contributed by atoms with Crippen LogP contribution in [0.25, 0.3) is 0 Å². The number of rotatable bonds is 5. The molecule has 0 aliphatic rings.